The van der Waals surface area contributed by atoms with Crippen LogP contribution in [0.4, 0.5) is 5.69 Å². The van der Waals surface area contributed by atoms with Gasteiger partial charge in [0.25, 0.3) is 0 Å². The molecule has 2 aliphatic rings. The molecule has 1 aromatic heterocycles. The lowest BCUT2D eigenvalue weighted by molar-refractivity contribution is -0.127. The van der Waals surface area contributed by atoms with Gasteiger partial charge in [-0.25, -0.2) is 0 Å². The van der Waals surface area contributed by atoms with Crippen molar-refractivity contribution in [3.63, 3.8) is 0 Å². The van der Waals surface area contributed by atoms with Gasteiger partial charge in [0, 0.05) is 25.2 Å². The van der Waals surface area contributed by atoms with E-state index < -0.39 is 0 Å². The zero-order chi connectivity index (χ0) is 18.1. The first-order valence-corrected chi connectivity index (χ1v) is 8.87. The van der Waals surface area contributed by atoms with Gasteiger partial charge >= 0.3 is 0 Å². The number of nitrogens with one attached hydrogen (secondary N) is 2. The number of carbonyl (C=O) groups is 2. The van der Waals surface area contributed by atoms with Gasteiger partial charge in [-0.2, -0.15) is 5.10 Å². The fourth-order valence-electron chi connectivity index (χ4n) is 3.73. The minimum atomic E-state index is -0.294. The molecule has 4 rings (SSSR count). The summed E-state index contributed by atoms with van der Waals surface area (Å²) >= 11 is 0. The Morgan fingerprint density at radius 2 is 2.08 bits per heavy atom. The van der Waals surface area contributed by atoms with Crippen LogP contribution in [0, 0.1) is 5.92 Å². The van der Waals surface area contributed by atoms with Crippen molar-refractivity contribution in [3.8, 4) is 5.75 Å². The molecule has 1 atom stereocenters. The molecule has 7 nitrogen and oxygen atoms in total. The van der Waals surface area contributed by atoms with E-state index in [-0.39, 0.29) is 30.2 Å². The van der Waals surface area contributed by atoms with E-state index in [0.29, 0.717) is 18.2 Å². The molecule has 0 radical (unpaired) electrons. The molecule has 1 aliphatic heterocycles. The smallest absolute Gasteiger partial charge is 0.227 e. The van der Waals surface area contributed by atoms with Crippen molar-refractivity contribution in [1.82, 2.24) is 15.5 Å². The topological polar surface area (TPSA) is 87.3 Å². The summed E-state index contributed by atoms with van der Waals surface area (Å²) in [7, 11) is 1.66. The van der Waals surface area contributed by atoms with Crippen molar-refractivity contribution in [2.45, 2.75) is 31.2 Å². The van der Waals surface area contributed by atoms with Crippen LogP contribution in [0.5, 0.6) is 5.75 Å². The normalized spacial score (nSPS) is 25.0. The average molecular weight is 354 g/mol. The third-order valence-electron chi connectivity index (χ3n) is 5.36. The molecule has 2 N–H and O–H groups in total. The van der Waals surface area contributed by atoms with Gasteiger partial charge < -0.3 is 15.0 Å². The fourth-order valence-corrected chi connectivity index (χ4v) is 3.73. The summed E-state index contributed by atoms with van der Waals surface area (Å²) < 4.78 is 5.18. The molecule has 1 aliphatic carbocycles. The number of nitrogens with zero attached hydrogens (tertiary/aromatic N) is 2. The maximum absolute atomic E-state index is 12.5. The third-order valence-corrected chi connectivity index (χ3v) is 5.36. The molecule has 26 heavy (non-hydrogen) atoms. The lowest BCUT2D eigenvalue weighted by Gasteiger charge is -2.36. The van der Waals surface area contributed by atoms with Crippen molar-refractivity contribution >= 4 is 17.5 Å². The third kappa shape index (κ3) is 3.16. The average Bonchev–Trinajstić information content (AvgIpc) is 3.27. The fraction of sp³-hybridized carbons (Fsp3) is 0.421. The van der Waals surface area contributed by atoms with E-state index in [1.807, 2.05) is 12.1 Å². The summed E-state index contributed by atoms with van der Waals surface area (Å²) in [6, 6.07) is 8.29. The number of rotatable bonds is 5. The van der Waals surface area contributed by atoms with E-state index in [9.17, 15) is 9.59 Å². The molecule has 2 fully saturated rings. The maximum atomic E-state index is 12.5. The minimum Gasteiger partial charge on any atom is -0.497 e. The molecule has 2 heterocycles. The second-order valence-corrected chi connectivity index (χ2v) is 7.01. The highest BCUT2D eigenvalue weighted by Gasteiger charge is 2.38. The van der Waals surface area contributed by atoms with Crippen LogP contribution in [-0.2, 0) is 9.59 Å². The summed E-state index contributed by atoms with van der Waals surface area (Å²) in [4.78, 5) is 26.3. The molecule has 0 spiro atoms. The molecular formula is C19H22N4O3. The van der Waals surface area contributed by atoms with Crippen molar-refractivity contribution < 1.29 is 14.3 Å². The Kier molecular flexibility index (Phi) is 4.36. The molecule has 2 aromatic rings. The number of ether oxygens (including phenoxy) is 1. The summed E-state index contributed by atoms with van der Waals surface area (Å²) in [5.41, 5.74) is 1.99. The Labute approximate surface area is 151 Å². The quantitative estimate of drug-likeness (QED) is 0.858. The number of hydrogen-bond donors (Lipinski definition) is 2. The van der Waals surface area contributed by atoms with Gasteiger partial charge in [0.2, 0.25) is 11.8 Å². The summed E-state index contributed by atoms with van der Waals surface area (Å²) in [6.07, 6.45) is 5.40. The number of aromatic amines is 1. The summed E-state index contributed by atoms with van der Waals surface area (Å²) in [5, 5.41) is 9.66. The van der Waals surface area contributed by atoms with Crippen LogP contribution in [0.1, 0.15) is 30.7 Å². The molecule has 1 saturated heterocycles. The molecule has 1 saturated carbocycles. The van der Waals surface area contributed by atoms with Crippen molar-refractivity contribution in [3.05, 3.63) is 42.2 Å². The van der Waals surface area contributed by atoms with Crippen LogP contribution >= 0.6 is 0 Å². The SMILES string of the molecule is COc1ccc(C2CC(NC(=O)C3CC(=O)N(c4cn[nH]c4)C3)C2)cc1. The monoisotopic (exact) mass is 354 g/mol. The van der Waals surface area contributed by atoms with Crippen LogP contribution in [0.25, 0.3) is 0 Å². The van der Waals surface area contributed by atoms with Crippen molar-refractivity contribution in [2.75, 3.05) is 18.6 Å². The Hall–Kier alpha value is -2.83. The van der Waals surface area contributed by atoms with Crippen LogP contribution in [0.2, 0.25) is 0 Å². The van der Waals surface area contributed by atoms with E-state index in [1.165, 1.54) is 5.56 Å². The Bertz CT molecular complexity index is 782. The van der Waals surface area contributed by atoms with Crippen LogP contribution in [-0.4, -0.2) is 41.7 Å². The first-order valence-electron chi connectivity index (χ1n) is 8.87. The van der Waals surface area contributed by atoms with E-state index in [0.717, 1.165) is 18.6 Å². The van der Waals surface area contributed by atoms with E-state index in [4.69, 9.17) is 4.74 Å². The van der Waals surface area contributed by atoms with Crippen LogP contribution in [0.3, 0.4) is 0 Å². The number of amides is 2. The zero-order valence-corrected chi connectivity index (χ0v) is 14.6. The second kappa shape index (κ2) is 6.82. The van der Waals surface area contributed by atoms with Gasteiger partial charge in [-0.15, -0.1) is 0 Å². The number of carbonyl (C=O) groups excluding carboxylic acids is 2. The molecule has 2 amide bonds. The molecule has 7 heteroatoms. The molecule has 136 valence electrons. The highest BCUT2D eigenvalue weighted by atomic mass is 16.5. The van der Waals surface area contributed by atoms with Gasteiger partial charge in [-0.05, 0) is 36.5 Å². The Morgan fingerprint density at radius 1 is 1.31 bits per heavy atom. The lowest BCUT2D eigenvalue weighted by atomic mass is 9.75. The first kappa shape index (κ1) is 16.6. The number of anilines is 1. The lowest BCUT2D eigenvalue weighted by Crippen LogP contribution is -2.46. The van der Waals surface area contributed by atoms with Crippen molar-refractivity contribution in [1.29, 1.82) is 0 Å². The Balaban J connectivity index is 1.28. The van der Waals surface area contributed by atoms with Gasteiger partial charge in [-0.3, -0.25) is 14.7 Å². The molecule has 1 unspecified atom stereocenters. The Morgan fingerprint density at radius 3 is 2.73 bits per heavy atom. The summed E-state index contributed by atoms with van der Waals surface area (Å²) in [5.74, 6) is 0.973. The second-order valence-electron chi connectivity index (χ2n) is 7.01. The number of H-pyrrole nitrogens is 1. The highest BCUT2D eigenvalue weighted by molar-refractivity contribution is 6.00. The standard InChI is InChI=1S/C19H22N4O3/c1-26-17-4-2-12(3-5-17)13-6-15(7-13)22-19(25)14-8-18(24)23(11-14)16-9-20-21-10-16/h2-5,9-10,13-15H,6-8,11H2,1H3,(H,20,21)(H,22,25). The number of methoxy groups -OCH3 is 1. The molecule has 1 aromatic carbocycles. The zero-order valence-electron chi connectivity index (χ0n) is 14.6. The minimum absolute atomic E-state index is 0.0254. The highest BCUT2D eigenvalue weighted by Crippen LogP contribution is 2.37. The van der Waals surface area contributed by atoms with Crippen LogP contribution < -0.4 is 15.0 Å². The van der Waals surface area contributed by atoms with Gasteiger partial charge in [-0.1, -0.05) is 12.1 Å². The van der Waals surface area contributed by atoms with Gasteiger partial charge in [0.1, 0.15) is 5.75 Å². The predicted octanol–water partition coefficient (Wildman–Crippen LogP) is 1.83. The van der Waals surface area contributed by atoms with Gasteiger partial charge in [0.15, 0.2) is 0 Å². The molecular weight excluding hydrogens is 332 g/mol. The predicted molar refractivity (Wildman–Crippen MR) is 95.9 cm³/mol. The number of hydrogen-bond acceptors (Lipinski definition) is 4. The van der Waals surface area contributed by atoms with Gasteiger partial charge in [0.05, 0.1) is 24.9 Å². The van der Waals surface area contributed by atoms with Crippen molar-refractivity contribution in [2.24, 2.45) is 5.92 Å². The first-order chi connectivity index (χ1) is 12.6. The summed E-state index contributed by atoms with van der Waals surface area (Å²) in [6.45, 7) is 0.416. The van der Waals surface area contributed by atoms with E-state index in [1.54, 1.807) is 24.4 Å². The van der Waals surface area contributed by atoms with Crippen LogP contribution in [0.15, 0.2) is 36.7 Å². The van der Waals surface area contributed by atoms with E-state index in [2.05, 4.69) is 27.6 Å². The largest absolute Gasteiger partial charge is 0.497 e. The maximum Gasteiger partial charge on any atom is 0.227 e. The molecule has 0 bridgehead atoms. The van der Waals surface area contributed by atoms with E-state index >= 15 is 0 Å². The number of aromatic nitrogens is 2. The number of benzene rings is 1.